The van der Waals surface area contributed by atoms with E-state index in [2.05, 4.69) is 14.8 Å². The number of hydrogen-bond acceptors (Lipinski definition) is 4. The number of rotatable bonds is 4. The second-order valence-electron chi connectivity index (χ2n) is 3.11. The van der Waals surface area contributed by atoms with E-state index in [-0.39, 0.29) is 12.5 Å². The number of esters is 1. The predicted octanol–water partition coefficient (Wildman–Crippen LogP) is 0.930. The van der Waals surface area contributed by atoms with E-state index in [0.717, 1.165) is 0 Å². The molecule has 0 aromatic rings. The number of ether oxygens (including phenoxy) is 2. The highest BCUT2D eigenvalue weighted by atomic mass is 16.6. The molecule has 0 spiro atoms. The lowest BCUT2D eigenvalue weighted by Gasteiger charge is -2.19. The van der Waals surface area contributed by atoms with Crippen LogP contribution in [0.3, 0.4) is 0 Å². The highest BCUT2D eigenvalue weighted by Gasteiger charge is 2.25. The van der Waals surface area contributed by atoms with Crippen LogP contribution in [0.5, 0.6) is 0 Å². The lowest BCUT2D eigenvalue weighted by atomic mass is 10.1. The van der Waals surface area contributed by atoms with Crippen LogP contribution < -0.4 is 5.32 Å². The molecule has 0 aliphatic heterocycles. The van der Waals surface area contributed by atoms with Gasteiger partial charge in [-0.15, -0.1) is 0 Å². The molecule has 0 radical (unpaired) electrons. The van der Waals surface area contributed by atoms with Gasteiger partial charge in [0.25, 0.3) is 0 Å². The van der Waals surface area contributed by atoms with E-state index in [0.29, 0.717) is 0 Å². The van der Waals surface area contributed by atoms with E-state index in [9.17, 15) is 9.59 Å². The van der Waals surface area contributed by atoms with Crippen LogP contribution in [0, 0.1) is 5.92 Å². The standard InChI is InChI=1S/C9H17NO4/c1-5-14-9(12)10-7(6(2)3)8(11)13-4/h6-7H,5H2,1-4H3,(H,10,12)/t7-/m1/s1. The van der Waals surface area contributed by atoms with Gasteiger partial charge in [0.1, 0.15) is 6.04 Å². The van der Waals surface area contributed by atoms with Crippen molar-refractivity contribution >= 4 is 12.1 Å². The Labute approximate surface area is 83.8 Å². The fraction of sp³-hybridized carbons (Fsp3) is 0.778. The van der Waals surface area contributed by atoms with Crippen LogP contribution in [0.25, 0.3) is 0 Å². The van der Waals surface area contributed by atoms with Gasteiger partial charge >= 0.3 is 12.1 Å². The molecule has 0 saturated carbocycles. The molecule has 0 fully saturated rings. The largest absolute Gasteiger partial charge is 0.467 e. The zero-order valence-corrected chi connectivity index (χ0v) is 8.99. The first-order valence-electron chi connectivity index (χ1n) is 4.54. The summed E-state index contributed by atoms with van der Waals surface area (Å²) in [5, 5.41) is 2.43. The van der Waals surface area contributed by atoms with Crippen molar-refractivity contribution in [3.8, 4) is 0 Å². The van der Waals surface area contributed by atoms with Crippen molar-refractivity contribution in [2.45, 2.75) is 26.8 Å². The molecule has 0 aliphatic carbocycles. The smallest absolute Gasteiger partial charge is 0.407 e. The normalized spacial score (nSPS) is 12.1. The molecule has 0 saturated heterocycles. The Kier molecular flexibility index (Phi) is 5.67. The summed E-state index contributed by atoms with van der Waals surface area (Å²) in [4.78, 5) is 22.2. The molecule has 0 aliphatic rings. The summed E-state index contributed by atoms with van der Waals surface area (Å²) < 4.78 is 9.20. The average molecular weight is 203 g/mol. The van der Waals surface area contributed by atoms with E-state index < -0.39 is 18.1 Å². The number of carbonyl (C=O) groups is 2. The lowest BCUT2D eigenvalue weighted by molar-refractivity contribution is -0.144. The van der Waals surface area contributed by atoms with Gasteiger partial charge < -0.3 is 14.8 Å². The maximum absolute atomic E-state index is 11.2. The highest BCUT2D eigenvalue weighted by Crippen LogP contribution is 2.03. The first-order valence-corrected chi connectivity index (χ1v) is 4.54. The van der Waals surface area contributed by atoms with Crippen LogP contribution in [0.4, 0.5) is 4.79 Å². The molecular weight excluding hydrogens is 186 g/mol. The van der Waals surface area contributed by atoms with Crippen molar-refractivity contribution < 1.29 is 19.1 Å². The molecule has 0 heterocycles. The molecule has 1 amide bonds. The monoisotopic (exact) mass is 203 g/mol. The summed E-state index contributed by atoms with van der Waals surface area (Å²) in [5.74, 6) is -0.500. The first kappa shape index (κ1) is 12.7. The number of carbonyl (C=O) groups excluding carboxylic acids is 2. The summed E-state index contributed by atoms with van der Waals surface area (Å²) >= 11 is 0. The fourth-order valence-electron chi connectivity index (χ4n) is 0.924. The quantitative estimate of drug-likeness (QED) is 0.690. The van der Waals surface area contributed by atoms with Crippen LogP contribution >= 0.6 is 0 Å². The Bertz CT molecular complexity index is 203. The summed E-state index contributed by atoms with van der Waals surface area (Å²) in [7, 11) is 1.28. The minimum Gasteiger partial charge on any atom is -0.467 e. The third-order valence-corrected chi connectivity index (χ3v) is 1.67. The molecular formula is C9H17NO4. The lowest BCUT2D eigenvalue weighted by Crippen LogP contribution is -2.45. The SMILES string of the molecule is CCOC(=O)N[C@@H](C(=O)OC)C(C)C. The van der Waals surface area contributed by atoms with E-state index in [1.807, 2.05) is 13.8 Å². The number of nitrogens with one attached hydrogen (secondary N) is 1. The van der Waals surface area contributed by atoms with Crippen LogP contribution in [-0.2, 0) is 14.3 Å². The van der Waals surface area contributed by atoms with E-state index >= 15 is 0 Å². The Morgan fingerprint density at radius 2 is 1.93 bits per heavy atom. The molecule has 5 nitrogen and oxygen atoms in total. The summed E-state index contributed by atoms with van der Waals surface area (Å²) in [5.41, 5.74) is 0. The van der Waals surface area contributed by atoms with Crippen molar-refractivity contribution in [3.63, 3.8) is 0 Å². The van der Waals surface area contributed by atoms with E-state index in [1.165, 1.54) is 7.11 Å². The maximum atomic E-state index is 11.2. The molecule has 0 aromatic heterocycles. The molecule has 0 unspecified atom stereocenters. The van der Waals surface area contributed by atoms with Crippen molar-refractivity contribution in [3.05, 3.63) is 0 Å². The highest BCUT2D eigenvalue weighted by molar-refractivity contribution is 5.81. The Morgan fingerprint density at radius 1 is 1.36 bits per heavy atom. The number of amides is 1. The van der Waals surface area contributed by atoms with Crippen molar-refractivity contribution in [1.82, 2.24) is 5.32 Å². The molecule has 82 valence electrons. The minimum absolute atomic E-state index is 0.0353. The Morgan fingerprint density at radius 3 is 2.29 bits per heavy atom. The molecule has 0 aromatic carbocycles. The van der Waals surface area contributed by atoms with Gasteiger partial charge in [-0.3, -0.25) is 0 Å². The maximum Gasteiger partial charge on any atom is 0.407 e. The Hall–Kier alpha value is -1.26. The van der Waals surface area contributed by atoms with Crippen molar-refractivity contribution in [1.29, 1.82) is 0 Å². The number of hydrogen-bond donors (Lipinski definition) is 1. The Balaban J connectivity index is 4.23. The van der Waals surface area contributed by atoms with Gasteiger partial charge in [-0.2, -0.15) is 0 Å². The molecule has 5 heteroatoms. The van der Waals surface area contributed by atoms with Gasteiger partial charge in [-0.1, -0.05) is 13.8 Å². The summed E-state index contributed by atoms with van der Waals surface area (Å²) in [6, 6.07) is -0.654. The van der Waals surface area contributed by atoms with Crippen molar-refractivity contribution in [2.75, 3.05) is 13.7 Å². The topological polar surface area (TPSA) is 64.6 Å². The summed E-state index contributed by atoms with van der Waals surface area (Å²) in [6.45, 7) is 5.60. The van der Waals surface area contributed by atoms with Crippen molar-refractivity contribution in [2.24, 2.45) is 5.92 Å². The molecule has 1 atom stereocenters. The summed E-state index contributed by atoms with van der Waals surface area (Å²) in [6.07, 6.45) is -0.600. The molecule has 14 heavy (non-hydrogen) atoms. The van der Waals surface area contributed by atoms with Crippen LogP contribution in [0.1, 0.15) is 20.8 Å². The number of methoxy groups -OCH3 is 1. The zero-order valence-electron chi connectivity index (χ0n) is 8.99. The third kappa shape index (κ3) is 4.11. The molecule has 0 rings (SSSR count). The zero-order chi connectivity index (χ0) is 11.1. The van der Waals surface area contributed by atoms with Crippen LogP contribution in [0.15, 0.2) is 0 Å². The number of alkyl carbamates (subject to hydrolysis) is 1. The van der Waals surface area contributed by atoms with Gasteiger partial charge in [0.2, 0.25) is 0 Å². The van der Waals surface area contributed by atoms with Gasteiger partial charge in [0.05, 0.1) is 13.7 Å². The second-order valence-corrected chi connectivity index (χ2v) is 3.11. The van der Waals surface area contributed by atoms with Crippen LogP contribution in [-0.4, -0.2) is 31.8 Å². The predicted molar refractivity (Wildman–Crippen MR) is 50.8 cm³/mol. The van der Waals surface area contributed by atoms with Crippen LogP contribution in [0.2, 0.25) is 0 Å². The fourth-order valence-corrected chi connectivity index (χ4v) is 0.924. The van der Waals surface area contributed by atoms with E-state index in [4.69, 9.17) is 0 Å². The van der Waals surface area contributed by atoms with E-state index in [1.54, 1.807) is 6.92 Å². The van der Waals surface area contributed by atoms with Gasteiger partial charge in [-0.25, -0.2) is 9.59 Å². The molecule has 1 N–H and O–H groups in total. The van der Waals surface area contributed by atoms with Gasteiger partial charge in [0.15, 0.2) is 0 Å². The average Bonchev–Trinajstić information content (AvgIpc) is 2.13. The minimum atomic E-state index is -0.654. The second kappa shape index (κ2) is 6.23. The van der Waals surface area contributed by atoms with Gasteiger partial charge in [0, 0.05) is 0 Å². The third-order valence-electron chi connectivity index (χ3n) is 1.67. The first-order chi connectivity index (χ1) is 6.52. The van der Waals surface area contributed by atoms with Gasteiger partial charge in [-0.05, 0) is 12.8 Å². The molecule has 0 bridgehead atoms.